The lowest BCUT2D eigenvalue weighted by molar-refractivity contribution is 0.100. The first-order valence-corrected chi connectivity index (χ1v) is 9.56. The number of nitrogens with two attached hydrogens (primary N) is 1. The van der Waals surface area contributed by atoms with Crippen LogP contribution in [-0.4, -0.2) is 16.1 Å². The minimum Gasteiger partial charge on any atom is -0.416 e. The van der Waals surface area contributed by atoms with Gasteiger partial charge in [-0.05, 0) is 71.2 Å². The molecular formula is C23H25N3O2. The van der Waals surface area contributed by atoms with Crippen LogP contribution in [0.4, 0.5) is 0 Å². The fraction of sp³-hybridized carbons (Fsp3) is 0.348. The van der Waals surface area contributed by atoms with Gasteiger partial charge in [0.2, 0.25) is 17.7 Å². The van der Waals surface area contributed by atoms with Crippen molar-refractivity contribution < 1.29 is 9.21 Å². The molecule has 1 aliphatic carbocycles. The van der Waals surface area contributed by atoms with Gasteiger partial charge in [0, 0.05) is 16.7 Å². The lowest BCUT2D eigenvalue weighted by Crippen LogP contribution is -2.33. The molecule has 0 fully saturated rings. The Morgan fingerprint density at radius 1 is 0.857 bits per heavy atom. The summed E-state index contributed by atoms with van der Waals surface area (Å²) in [6, 6.07) is 13.3. The third-order valence-electron chi connectivity index (χ3n) is 5.94. The Balaban J connectivity index is 1.71. The van der Waals surface area contributed by atoms with E-state index in [1.54, 1.807) is 24.3 Å². The van der Waals surface area contributed by atoms with Gasteiger partial charge in [0.15, 0.2) is 0 Å². The number of hydrogen-bond donors (Lipinski definition) is 1. The van der Waals surface area contributed by atoms with Crippen molar-refractivity contribution in [2.75, 3.05) is 0 Å². The minimum atomic E-state index is -0.461. The normalized spacial score (nSPS) is 17.1. The number of aromatic nitrogens is 2. The predicted molar refractivity (Wildman–Crippen MR) is 109 cm³/mol. The molecule has 1 amide bonds. The van der Waals surface area contributed by atoms with E-state index in [1.165, 1.54) is 17.5 Å². The van der Waals surface area contributed by atoms with Crippen LogP contribution in [0.3, 0.4) is 0 Å². The molecule has 0 radical (unpaired) electrons. The molecule has 0 aliphatic heterocycles. The maximum atomic E-state index is 11.2. The number of carbonyl (C=O) groups excluding carboxylic acids is 1. The van der Waals surface area contributed by atoms with Crippen LogP contribution in [0.5, 0.6) is 0 Å². The topological polar surface area (TPSA) is 82.0 Å². The van der Waals surface area contributed by atoms with Crippen molar-refractivity contribution in [3.63, 3.8) is 0 Å². The van der Waals surface area contributed by atoms with Gasteiger partial charge in [0.05, 0.1) is 0 Å². The van der Waals surface area contributed by atoms with Crippen LogP contribution in [0.25, 0.3) is 22.9 Å². The molecule has 0 atom stereocenters. The van der Waals surface area contributed by atoms with Gasteiger partial charge in [-0.25, -0.2) is 0 Å². The van der Waals surface area contributed by atoms with E-state index >= 15 is 0 Å². The van der Waals surface area contributed by atoms with Crippen LogP contribution in [0.1, 0.15) is 62.0 Å². The average Bonchev–Trinajstić information content (AvgIpc) is 3.15. The van der Waals surface area contributed by atoms with Gasteiger partial charge in [-0.3, -0.25) is 4.79 Å². The van der Waals surface area contributed by atoms with Crippen LogP contribution in [0, 0.1) is 0 Å². The zero-order valence-electron chi connectivity index (χ0n) is 16.7. The van der Waals surface area contributed by atoms with Crippen molar-refractivity contribution in [1.29, 1.82) is 0 Å². The highest BCUT2D eigenvalue weighted by Crippen LogP contribution is 2.46. The smallest absolute Gasteiger partial charge is 0.248 e. The quantitative estimate of drug-likeness (QED) is 0.709. The molecule has 0 bridgehead atoms. The first-order valence-electron chi connectivity index (χ1n) is 9.56. The van der Waals surface area contributed by atoms with Crippen molar-refractivity contribution in [3.05, 3.63) is 59.2 Å². The van der Waals surface area contributed by atoms with Gasteiger partial charge < -0.3 is 10.2 Å². The summed E-state index contributed by atoms with van der Waals surface area (Å²) in [5.74, 6) is 0.455. The van der Waals surface area contributed by atoms with Gasteiger partial charge >= 0.3 is 0 Å². The molecule has 144 valence electrons. The van der Waals surface area contributed by atoms with Gasteiger partial charge in [-0.1, -0.05) is 33.8 Å². The molecule has 5 heteroatoms. The molecule has 0 unspecified atom stereocenters. The first kappa shape index (κ1) is 18.4. The number of benzene rings is 2. The Bertz CT molecular complexity index is 1050. The summed E-state index contributed by atoms with van der Waals surface area (Å²) in [6.45, 7) is 9.21. The molecular weight excluding hydrogens is 350 g/mol. The van der Waals surface area contributed by atoms with Crippen molar-refractivity contribution in [3.8, 4) is 22.9 Å². The van der Waals surface area contributed by atoms with Crippen LogP contribution in [0.2, 0.25) is 0 Å². The van der Waals surface area contributed by atoms with E-state index in [1.807, 2.05) is 0 Å². The van der Waals surface area contributed by atoms with Gasteiger partial charge in [0.25, 0.3) is 0 Å². The summed E-state index contributed by atoms with van der Waals surface area (Å²) in [7, 11) is 0. The summed E-state index contributed by atoms with van der Waals surface area (Å²) >= 11 is 0. The number of carbonyl (C=O) groups is 1. The fourth-order valence-corrected chi connectivity index (χ4v) is 3.96. The van der Waals surface area contributed by atoms with E-state index in [9.17, 15) is 4.79 Å². The number of hydrogen-bond acceptors (Lipinski definition) is 4. The molecule has 1 heterocycles. The average molecular weight is 375 g/mol. The second-order valence-electron chi connectivity index (χ2n) is 8.88. The molecule has 0 spiro atoms. The number of primary amides is 1. The summed E-state index contributed by atoms with van der Waals surface area (Å²) in [6.07, 6.45) is 2.33. The van der Waals surface area contributed by atoms with E-state index in [-0.39, 0.29) is 10.8 Å². The Morgan fingerprint density at radius 2 is 1.39 bits per heavy atom. The van der Waals surface area contributed by atoms with Crippen LogP contribution >= 0.6 is 0 Å². The molecule has 4 rings (SSSR count). The lowest BCUT2D eigenvalue weighted by Gasteiger charge is -2.41. The molecule has 5 nitrogen and oxygen atoms in total. The Morgan fingerprint density at radius 3 is 2.00 bits per heavy atom. The Labute approximate surface area is 165 Å². The number of fused-ring (bicyclic) bond motifs is 1. The molecule has 28 heavy (non-hydrogen) atoms. The third kappa shape index (κ3) is 3.11. The van der Waals surface area contributed by atoms with Crippen LogP contribution < -0.4 is 5.73 Å². The van der Waals surface area contributed by atoms with Crippen molar-refractivity contribution in [1.82, 2.24) is 10.2 Å². The molecule has 1 aromatic heterocycles. The van der Waals surface area contributed by atoms with Crippen molar-refractivity contribution in [2.24, 2.45) is 5.73 Å². The molecule has 3 aromatic rings. The molecule has 1 aliphatic rings. The zero-order valence-corrected chi connectivity index (χ0v) is 16.7. The third-order valence-corrected chi connectivity index (χ3v) is 5.94. The molecule has 2 N–H and O–H groups in total. The van der Waals surface area contributed by atoms with E-state index in [4.69, 9.17) is 10.2 Å². The molecule has 0 saturated heterocycles. The maximum Gasteiger partial charge on any atom is 0.248 e. The standard InChI is InChI=1S/C23H25N3O2/c1-22(2)11-12-23(3,4)18-13-16(9-10-17(18)22)21-26-25-20(28-21)15-7-5-14(6-8-15)19(24)27/h5-10,13H,11-12H2,1-4H3,(H2,24,27). The van der Waals surface area contributed by atoms with E-state index in [0.29, 0.717) is 17.3 Å². The maximum absolute atomic E-state index is 11.2. The Hall–Kier alpha value is -2.95. The molecule has 2 aromatic carbocycles. The summed E-state index contributed by atoms with van der Waals surface area (Å²) in [4.78, 5) is 11.2. The number of rotatable bonds is 3. The number of amides is 1. The van der Waals surface area contributed by atoms with Gasteiger partial charge in [-0.15, -0.1) is 10.2 Å². The van der Waals surface area contributed by atoms with Crippen LogP contribution in [-0.2, 0) is 10.8 Å². The van der Waals surface area contributed by atoms with E-state index < -0.39 is 5.91 Å². The largest absolute Gasteiger partial charge is 0.416 e. The van der Waals surface area contributed by atoms with Crippen LogP contribution in [0.15, 0.2) is 46.9 Å². The van der Waals surface area contributed by atoms with E-state index in [2.05, 4.69) is 56.1 Å². The highest BCUT2D eigenvalue weighted by molar-refractivity contribution is 5.93. The highest BCUT2D eigenvalue weighted by Gasteiger charge is 2.37. The summed E-state index contributed by atoms with van der Waals surface area (Å²) in [5.41, 5.74) is 10.5. The second-order valence-corrected chi connectivity index (χ2v) is 8.88. The van der Waals surface area contributed by atoms with Gasteiger partial charge in [-0.2, -0.15) is 0 Å². The lowest BCUT2D eigenvalue weighted by atomic mass is 9.63. The number of nitrogens with zero attached hydrogens (tertiary/aromatic N) is 2. The Kier molecular flexibility index (Phi) is 4.14. The summed E-state index contributed by atoms with van der Waals surface area (Å²) in [5, 5.41) is 8.43. The van der Waals surface area contributed by atoms with E-state index in [0.717, 1.165) is 17.5 Å². The summed E-state index contributed by atoms with van der Waals surface area (Å²) < 4.78 is 5.93. The van der Waals surface area contributed by atoms with Gasteiger partial charge in [0.1, 0.15) is 0 Å². The SMILES string of the molecule is CC1(C)CCC(C)(C)c2cc(-c3nnc(-c4ccc(C(N)=O)cc4)o3)ccc21. The predicted octanol–water partition coefficient (Wildman–Crippen LogP) is 4.85. The minimum absolute atomic E-state index is 0.119. The zero-order chi connectivity index (χ0) is 20.1. The highest BCUT2D eigenvalue weighted by atomic mass is 16.4. The fourth-order valence-electron chi connectivity index (χ4n) is 3.96. The second kappa shape index (κ2) is 6.30. The van der Waals surface area contributed by atoms with Crippen molar-refractivity contribution >= 4 is 5.91 Å². The van der Waals surface area contributed by atoms with Crippen molar-refractivity contribution in [2.45, 2.75) is 51.4 Å². The first-order chi connectivity index (χ1) is 13.2. The monoisotopic (exact) mass is 375 g/mol. The molecule has 0 saturated carbocycles.